The van der Waals surface area contributed by atoms with Gasteiger partial charge in [-0.1, -0.05) is 0 Å². The van der Waals surface area contributed by atoms with Gasteiger partial charge in [-0.25, -0.2) is 9.37 Å². The molecule has 0 saturated carbocycles. The zero-order valence-corrected chi connectivity index (χ0v) is 8.63. The Morgan fingerprint density at radius 3 is 1.89 bits per heavy atom. The number of nitriles is 1. The van der Waals surface area contributed by atoms with Crippen LogP contribution in [-0.2, 0) is 18.8 Å². The molecule has 0 unspecified atom stereocenters. The van der Waals surface area contributed by atoms with Crippen LogP contribution >= 0.6 is 0 Å². The van der Waals surface area contributed by atoms with Gasteiger partial charge in [0.05, 0.1) is 18.1 Å². The van der Waals surface area contributed by atoms with Gasteiger partial charge in [-0.3, -0.25) is 0 Å². The van der Waals surface area contributed by atoms with E-state index in [1.165, 1.54) is 0 Å². The summed E-state index contributed by atoms with van der Waals surface area (Å²) in [6.45, 7) is 0. The molecule has 0 aliphatic rings. The molecule has 0 aliphatic carbocycles. The maximum absolute atomic E-state index is 13.4. The van der Waals surface area contributed by atoms with Crippen LogP contribution in [0.2, 0.25) is 0 Å². The highest BCUT2D eigenvalue weighted by atomic mass is 19.4. The Kier molecular flexibility index (Phi) is 3.70. The molecule has 19 heavy (non-hydrogen) atoms. The van der Waals surface area contributed by atoms with Gasteiger partial charge in [0.1, 0.15) is 11.4 Å². The van der Waals surface area contributed by atoms with E-state index in [2.05, 4.69) is 4.98 Å². The van der Waals surface area contributed by atoms with E-state index in [1.54, 1.807) is 0 Å². The zero-order chi connectivity index (χ0) is 15.0. The Morgan fingerprint density at radius 2 is 1.53 bits per heavy atom. The van der Waals surface area contributed by atoms with Gasteiger partial charge in [-0.2, -0.15) is 36.0 Å². The van der Waals surface area contributed by atoms with Gasteiger partial charge in [-0.05, 0) is 0 Å². The molecule has 0 radical (unpaired) electrons. The number of nitrogens with zero attached hydrogens (tertiary/aromatic N) is 2. The fourth-order valence-electron chi connectivity index (χ4n) is 1.26. The second-order valence-corrected chi connectivity index (χ2v) is 3.25. The van der Waals surface area contributed by atoms with Crippen LogP contribution in [0.3, 0.4) is 0 Å². The van der Waals surface area contributed by atoms with E-state index >= 15 is 0 Å². The summed E-state index contributed by atoms with van der Waals surface area (Å²) in [5.41, 5.74) is -6.90. The molecule has 0 N–H and O–H groups in total. The first-order valence-electron chi connectivity index (χ1n) is 4.39. The smallest absolute Gasteiger partial charge is 0.214 e. The van der Waals surface area contributed by atoms with Crippen LogP contribution in [0.4, 0.5) is 35.1 Å². The number of hydrogen-bond donors (Lipinski definition) is 0. The van der Waals surface area contributed by atoms with Gasteiger partial charge in [0.25, 0.3) is 0 Å². The number of hydrogen-bond acceptors (Lipinski definition) is 2. The second-order valence-electron chi connectivity index (χ2n) is 3.25. The third kappa shape index (κ3) is 2.91. The van der Waals surface area contributed by atoms with Crippen LogP contribution in [0.25, 0.3) is 0 Å². The molecule has 0 saturated heterocycles. The number of pyridine rings is 1. The zero-order valence-electron chi connectivity index (χ0n) is 8.63. The van der Waals surface area contributed by atoms with Crippen molar-refractivity contribution >= 4 is 0 Å². The van der Waals surface area contributed by atoms with Crippen LogP contribution in [-0.4, -0.2) is 4.98 Å². The van der Waals surface area contributed by atoms with Gasteiger partial charge in [0.2, 0.25) is 5.95 Å². The minimum Gasteiger partial charge on any atom is -0.214 e. The van der Waals surface area contributed by atoms with Gasteiger partial charge < -0.3 is 0 Å². The number of alkyl halides is 6. The molecule has 1 heterocycles. The van der Waals surface area contributed by atoms with Crippen molar-refractivity contribution in [3.05, 3.63) is 28.6 Å². The predicted molar refractivity (Wildman–Crippen MR) is 43.5 cm³/mol. The first kappa shape index (κ1) is 15.1. The minimum absolute atomic E-state index is 1.13. The summed E-state index contributed by atoms with van der Waals surface area (Å²) < 4.78 is 100. The standard InChI is InChI=1S/C9H2F8N2/c10-5-3(1-2-18)7(11)19-6(9(15,16)17)4(5)8(12,13)14/h1H2. The molecule has 2 nitrogen and oxygen atoms in total. The van der Waals surface area contributed by atoms with Crippen molar-refractivity contribution in [2.75, 3.05) is 0 Å². The van der Waals surface area contributed by atoms with Crippen molar-refractivity contribution in [1.29, 1.82) is 5.26 Å². The third-order valence-electron chi connectivity index (χ3n) is 1.99. The average Bonchev–Trinajstić information content (AvgIpc) is 2.19. The van der Waals surface area contributed by atoms with Gasteiger partial charge in [0, 0.05) is 0 Å². The van der Waals surface area contributed by atoms with E-state index in [-0.39, 0.29) is 0 Å². The second kappa shape index (κ2) is 4.64. The van der Waals surface area contributed by atoms with Crippen molar-refractivity contribution in [2.45, 2.75) is 18.8 Å². The van der Waals surface area contributed by atoms with Crippen LogP contribution in [0.15, 0.2) is 0 Å². The van der Waals surface area contributed by atoms with Crippen molar-refractivity contribution in [3.63, 3.8) is 0 Å². The SMILES string of the molecule is N#CCc1c(F)nc(C(F)(F)F)c(C(F)(F)F)c1F. The van der Waals surface area contributed by atoms with Gasteiger partial charge >= 0.3 is 12.4 Å². The highest BCUT2D eigenvalue weighted by Gasteiger charge is 2.48. The normalized spacial score (nSPS) is 12.4. The molecule has 1 rings (SSSR count). The molecule has 0 aliphatic heterocycles. The molecule has 0 aromatic carbocycles. The van der Waals surface area contributed by atoms with E-state index in [4.69, 9.17) is 5.26 Å². The lowest BCUT2D eigenvalue weighted by molar-refractivity contribution is -0.167. The minimum atomic E-state index is -5.72. The Morgan fingerprint density at radius 1 is 1.00 bits per heavy atom. The summed E-state index contributed by atoms with van der Waals surface area (Å²) in [6.07, 6.45) is -12.6. The molecule has 10 heteroatoms. The number of rotatable bonds is 1. The molecular weight excluding hydrogens is 288 g/mol. The largest absolute Gasteiger partial charge is 0.434 e. The average molecular weight is 290 g/mol. The lowest BCUT2D eigenvalue weighted by Gasteiger charge is -2.16. The predicted octanol–water partition coefficient (Wildman–Crippen LogP) is 3.46. The fraction of sp³-hybridized carbons (Fsp3) is 0.333. The number of aromatic nitrogens is 1. The summed E-state index contributed by atoms with van der Waals surface area (Å²) in [7, 11) is 0. The van der Waals surface area contributed by atoms with Gasteiger partial charge in [-0.15, -0.1) is 0 Å². The Bertz CT molecular complexity index is 537. The molecule has 1 aromatic heterocycles. The highest BCUT2D eigenvalue weighted by Crippen LogP contribution is 2.41. The number of halogens is 8. The Balaban J connectivity index is 3.74. The monoisotopic (exact) mass is 290 g/mol. The molecule has 0 bridgehead atoms. The topological polar surface area (TPSA) is 36.7 Å². The molecule has 0 amide bonds. The van der Waals surface area contributed by atoms with Crippen LogP contribution in [0.5, 0.6) is 0 Å². The van der Waals surface area contributed by atoms with Crippen molar-refractivity contribution < 1.29 is 35.1 Å². The summed E-state index contributed by atoms with van der Waals surface area (Å²) in [5, 5.41) is 8.18. The first-order valence-corrected chi connectivity index (χ1v) is 4.39. The summed E-state index contributed by atoms with van der Waals surface area (Å²) in [5.74, 6) is -4.58. The van der Waals surface area contributed by atoms with E-state index < -0.39 is 47.4 Å². The van der Waals surface area contributed by atoms with Crippen LogP contribution in [0.1, 0.15) is 16.8 Å². The highest BCUT2D eigenvalue weighted by molar-refractivity contribution is 5.34. The van der Waals surface area contributed by atoms with Crippen molar-refractivity contribution in [3.8, 4) is 6.07 Å². The summed E-state index contributed by atoms with van der Waals surface area (Å²) in [6, 6.07) is 1.13. The van der Waals surface area contributed by atoms with Gasteiger partial charge in [0.15, 0.2) is 5.69 Å². The quantitative estimate of drug-likeness (QED) is 0.586. The lowest BCUT2D eigenvalue weighted by atomic mass is 10.1. The van der Waals surface area contributed by atoms with Crippen LogP contribution in [0, 0.1) is 23.1 Å². The molecule has 104 valence electrons. The van der Waals surface area contributed by atoms with Crippen LogP contribution < -0.4 is 0 Å². The molecule has 1 aromatic rings. The van der Waals surface area contributed by atoms with E-state index in [0.29, 0.717) is 0 Å². The Labute approximate surface area is 99.8 Å². The van der Waals surface area contributed by atoms with Crippen molar-refractivity contribution in [1.82, 2.24) is 4.98 Å². The molecule has 0 atom stereocenters. The van der Waals surface area contributed by atoms with Crippen molar-refractivity contribution in [2.24, 2.45) is 0 Å². The fourth-order valence-corrected chi connectivity index (χ4v) is 1.26. The first-order chi connectivity index (χ1) is 8.50. The maximum Gasteiger partial charge on any atom is 0.434 e. The molecule has 0 spiro atoms. The summed E-state index contributed by atoms with van der Waals surface area (Å²) >= 11 is 0. The lowest BCUT2D eigenvalue weighted by Crippen LogP contribution is -2.23. The third-order valence-corrected chi connectivity index (χ3v) is 1.99. The summed E-state index contributed by atoms with van der Waals surface area (Å²) in [4.78, 5) is 2.09. The maximum atomic E-state index is 13.4. The van der Waals surface area contributed by atoms with E-state index in [1.807, 2.05) is 0 Å². The Hall–Kier alpha value is -1.92. The molecular formula is C9H2F8N2. The van der Waals surface area contributed by atoms with E-state index in [0.717, 1.165) is 6.07 Å². The molecule has 0 fully saturated rings. The van der Waals surface area contributed by atoms with E-state index in [9.17, 15) is 35.1 Å².